The molecule has 0 aliphatic heterocycles. The van der Waals surface area contributed by atoms with Gasteiger partial charge in [0, 0.05) is 31.4 Å². The first-order chi connectivity index (χ1) is 14.6. The lowest BCUT2D eigenvalue weighted by atomic mass is 10.2. The fourth-order valence-corrected chi connectivity index (χ4v) is 2.43. The predicted octanol–water partition coefficient (Wildman–Crippen LogP) is 3.19. The molecule has 5 N–H and O–H groups in total. The van der Waals surface area contributed by atoms with E-state index in [1.165, 1.54) is 0 Å². The second-order valence-electron chi connectivity index (χ2n) is 8.35. The van der Waals surface area contributed by atoms with Gasteiger partial charge in [0.2, 0.25) is 0 Å². The van der Waals surface area contributed by atoms with Crippen molar-refractivity contribution in [3.8, 4) is 0 Å². The Hall–Kier alpha value is -2.97. The summed E-state index contributed by atoms with van der Waals surface area (Å²) in [5, 5.41) is 14.8. The quantitative estimate of drug-likeness (QED) is 0.233. The van der Waals surface area contributed by atoms with Gasteiger partial charge >= 0.3 is 12.1 Å². The molecule has 0 unspecified atom stereocenters. The van der Waals surface area contributed by atoms with E-state index < -0.39 is 11.7 Å². The zero-order chi connectivity index (χ0) is 23.3. The number of carbonyl (C=O) groups is 2. The summed E-state index contributed by atoms with van der Waals surface area (Å²) in [7, 11) is 0. The molecular weight excluding hydrogens is 396 g/mol. The van der Waals surface area contributed by atoms with E-state index in [0.717, 1.165) is 24.2 Å². The number of nitrogens with zero attached hydrogens (tertiary/aromatic N) is 1. The SMILES string of the molecule is CCNC(=NCc1ccc(NC(=O)NC(C)C)cc1)NCCCNC(=O)OC(C)(C)C. The minimum Gasteiger partial charge on any atom is -0.444 e. The molecule has 0 aliphatic rings. The lowest BCUT2D eigenvalue weighted by Crippen LogP contribution is -2.39. The molecule has 0 fully saturated rings. The largest absolute Gasteiger partial charge is 0.444 e. The smallest absolute Gasteiger partial charge is 0.407 e. The number of ether oxygens (including phenoxy) is 1. The van der Waals surface area contributed by atoms with Crippen LogP contribution < -0.4 is 26.6 Å². The van der Waals surface area contributed by atoms with Crippen LogP contribution in [0.3, 0.4) is 0 Å². The number of hydrogen-bond donors (Lipinski definition) is 5. The van der Waals surface area contributed by atoms with E-state index in [2.05, 4.69) is 31.6 Å². The molecule has 1 aromatic rings. The molecule has 31 heavy (non-hydrogen) atoms. The molecule has 0 radical (unpaired) electrons. The highest BCUT2D eigenvalue weighted by atomic mass is 16.6. The van der Waals surface area contributed by atoms with Crippen LogP contribution in [0.15, 0.2) is 29.3 Å². The van der Waals surface area contributed by atoms with Crippen molar-refractivity contribution in [2.24, 2.45) is 4.99 Å². The van der Waals surface area contributed by atoms with Crippen molar-refractivity contribution < 1.29 is 14.3 Å². The zero-order valence-corrected chi connectivity index (χ0v) is 19.6. The number of alkyl carbamates (subject to hydrolysis) is 1. The second-order valence-corrected chi connectivity index (χ2v) is 8.35. The first kappa shape index (κ1) is 26.1. The second kappa shape index (κ2) is 13.4. The molecule has 0 spiro atoms. The number of carbonyl (C=O) groups excluding carboxylic acids is 2. The van der Waals surface area contributed by atoms with Crippen molar-refractivity contribution in [3.05, 3.63) is 29.8 Å². The average molecular weight is 435 g/mol. The number of benzene rings is 1. The van der Waals surface area contributed by atoms with Gasteiger partial charge in [-0.05, 0) is 65.7 Å². The van der Waals surface area contributed by atoms with Crippen molar-refractivity contribution >= 4 is 23.8 Å². The number of guanidine groups is 1. The van der Waals surface area contributed by atoms with Gasteiger partial charge in [-0.2, -0.15) is 0 Å². The Bertz CT molecular complexity index is 711. The maximum Gasteiger partial charge on any atom is 0.407 e. The van der Waals surface area contributed by atoms with Crippen LogP contribution in [-0.2, 0) is 11.3 Å². The van der Waals surface area contributed by atoms with Gasteiger partial charge in [0.05, 0.1) is 6.54 Å². The summed E-state index contributed by atoms with van der Waals surface area (Å²) in [5.41, 5.74) is 1.26. The van der Waals surface area contributed by atoms with Gasteiger partial charge in [0.1, 0.15) is 5.60 Å². The first-order valence-electron chi connectivity index (χ1n) is 10.7. The van der Waals surface area contributed by atoms with Gasteiger partial charge in [-0.25, -0.2) is 14.6 Å². The summed E-state index contributed by atoms with van der Waals surface area (Å²) in [6.45, 7) is 13.8. The molecule has 0 saturated carbocycles. The number of urea groups is 1. The standard InChI is InChI=1S/C22H38N6O3/c1-7-23-19(24-13-8-14-25-21(30)31-22(4,5)6)26-15-17-9-11-18(12-10-17)28-20(29)27-16(2)3/h9-12,16H,7-8,13-15H2,1-6H3,(H,25,30)(H2,23,24,26)(H2,27,28,29). The van der Waals surface area contributed by atoms with Crippen molar-refractivity contribution in [1.29, 1.82) is 0 Å². The van der Waals surface area contributed by atoms with E-state index in [-0.39, 0.29) is 12.1 Å². The van der Waals surface area contributed by atoms with E-state index in [0.29, 0.717) is 25.6 Å². The van der Waals surface area contributed by atoms with Gasteiger partial charge < -0.3 is 31.3 Å². The summed E-state index contributed by atoms with van der Waals surface area (Å²) in [6, 6.07) is 7.44. The predicted molar refractivity (Wildman–Crippen MR) is 125 cm³/mol. The minimum atomic E-state index is -0.498. The fraction of sp³-hybridized carbons (Fsp3) is 0.591. The Kier molecular flexibility index (Phi) is 11.2. The maximum absolute atomic E-state index is 11.7. The van der Waals surface area contributed by atoms with Crippen molar-refractivity contribution in [3.63, 3.8) is 0 Å². The molecule has 9 nitrogen and oxygen atoms in total. The van der Waals surface area contributed by atoms with Gasteiger partial charge in [0.25, 0.3) is 0 Å². The van der Waals surface area contributed by atoms with E-state index >= 15 is 0 Å². The zero-order valence-electron chi connectivity index (χ0n) is 19.6. The molecule has 9 heteroatoms. The molecule has 0 atom stereocenters. The fourth-order valence-electron chi connectivity index (χ4n) is 2.43. The highest BCUT2D eigenvalue weighted by molar-refractivity contribution is 5.89. The Morgan fingerprint density at radius 2 is 1.68 bits per heavy atom. The third-order valence-corrected chi connectivity index (χ3v) is 3.71. The number of aliphatic imine (C=N–C) groups is 1. The first-order valence-corrected chi connectivity index (χ1v) is 10.7. The molecule has 0 aliphatic carbocycles. The van der Waals surface area contributed by atoms with Gasteiger partial charge in [-0.15, -0.1) is 0 Å². The lowest BCUT2D eigenvalue weighted by molar-refractivity contribution is 0.0527. The molecule has 0 heterocycles. The Labute approximate surface area is 185 Å². The average Bonchev–Trinajstić information content (AvgIpc) is 2.64. The van der Waals surface area contributed by atoms with Gasteiger partial charge in [-0.3, -0.25) is 0 Å². The molecule has 174 valence electrons. The Morgan fingerprint density at radius 1 is 1.03 bits per heavy atom. The van der Waals surface area contributed by atoms with Crippen LogP contribution in [0.2, 0.25) is 0 Å². The molecule has 3 amide bonds. The van der Waals surface area contributed by atoms with Crippen molar-refractivity contribution in [2.45, 2.75) is 66.2 Å². The minimum absolute atomic E-state index is 0.0821. The lowest BCUT2D eigenvalue weighted by Gasteiger charge is -2.19. The molecule has 0 bridgehead atoms. The van der Waals surface area contributed by atoms with Crippen molar-refractivity contribution in [2.75, 3.05) is 25.0 Å². The topological polar surface area (TPSA) is 116 Å². The third kappa shape index (κ3) is 13.0. The van der Waals surface area contributed by atoms with Crippen LogP contribution >= 0.6 is 0 Å². The third-order valence-electron chi connectivity index (χ3n) is 3.71. The highest BCUT2D eigenvalue weighted by Crippen LogP contribution is 2.10. The summed E-state index contributed by atoms with van der Waals surface area (Å²) in [6.07, 6.45) is 0.329. The summed E-state index contributed by atoms with van der Waals surface area (Å²) < 4.78 is 5.20. The van der Waals surface area contributed by atoms with E-state index in [9.17, 15) is 9.59 Å². The normalized spacial score (nSPS) is 11.6. The number of hydrogen-bond acceptors (Lipinski definition) is 4. The van der Waals surface area contributed by atoms with Crippen LogP contribution in [-0.4, -0.2) is 49.4 Å². The van der Waals surface area contributed by atoms with Gasteiger partial charge in [0.15, 0.2) is 5.96 Å². The molecule has 0 aromatic heterocycles. The van der Waals surface area contributed by atoms with Crippen LogP contribution in [0.1, 0.15) is 53.5 Å². The number of anilines is 1. The number of amides is 3. The summed E-state index contributed by atoms with van der Waals surface area (Å²) in [5.74, 6) is 0.707. The highest BCUT2D eigenvalue weighted by Gasteiger charge is 2.15. The molecule has 0 saturated heterocycles. The van der Waals surface area contributed by atoms with E-state index in [1.54, 1.807) is 0 Å². The molecule has 1 rings (SSSR count). The summed E-state index contributed by atoms with van der Waals surface area (Å²) in [4.78, 5) is 28.0. The van der Waals surface area contributed by atoms with E-state index in [1.807, 2.05) is 65.8 Å². The van der Waals surface area contributed by atoms with Crippen LogP contribution in [0.4, 0.5) is 15.3 Å². The van der Waals surface area contributed by atoms with Crippen molar-refractivity contribution in [1.82, 2.24) is 21.3 Å². The van der Waals surface area contributed by atoms with Crippen LogP contribution in [0.25, 0.3) is 0 Å². The van der Waals surface area contributed by atoms with Crippen LogP contribution in [0.5, 0.6) is 0 Å². The monoisotopic (exact) mass is 434 g/mol. The van der Waals surface area contributed by atoms with Crippen LogP contribution in [0, 0.1) is 0 Å². The maximum atomic E-state index is 11.7. The molecule has 1 aromatic carbocycles. The number of rotatable bonds is 9. The Balaban J connectivity index is 2.42. The van der Waals surface area contributed by atoms with E-state index in [4.69, 9.17) is 4.74 Å². The summed E-state index contributed by atoms with van der Waals surface area (Å²) >= 11 is 0. The molecular formula is C22H38N6O3. The number of nitrogens with one attached hydrogen (secondary N) is 5. The Morgan fingerprint density at radius 3 is 2.26 bits per heavy atom. The van der Waals surface area contributed by atoms with Gasteiger partial charge in [-0.1, -0.05) is 12.1 Å².